The van der Waals surface area contributed by atoms with Crippen LogP contribution in [0.1, 0.15) is 27.7 Å². The molecule has 2 rings (SSSR count). The molecule has 1 unspecified atom stereocenters. The smallest absolute Gasteiger partial charge is 0.325 e. The van der Waals surface area contributed by atoms with Crippen LogP contribution in [0.2, 0.25) is 0 Å². The van der Waals surface area contributed by atoms with Gasteiger partial charge in [-0.1, -0.05) is 13.8 Å². The number of ether oxygens (including phenoxy) is 1. The molecule has 0 aromatic heterocycles. The molecule has 0 radical (unpaired) electrons. The Labute approximate surface area is 142 Å². The molecule has 2 aliphatic heterocycles. The topological polar surface area (TPSA) is 91.0 Å². The van der Waals surface area contributed by atoms with E-state index >= 15 is 0 Å². The van der Waals surface area contributed by atoms with E-state index in [1.807, 2.05) is 13.8 Å². The number of hydrogen-bond donors (Lipinski definition) is 2. The van der Waals surface area contributed by atoms with Crippen molar-refractivity contribution in [2.24, 2.45) is 5.92 Å². The Morgan fingerprint density at radius 3 is 2.50 bits per heavy atom. The zero-order chi connectivity index (χ0) is 17.9. The van der Waals surface area contributed by atoms with Gasteiger partial charge >= 0.3 is 6.03 Å². The van der Waals surface area contributed by atoms with Gasteiger partial charge in [-0.2, -0.15) is 0 Å². The Kier molecular flexibility index (Phi) is 5.82. The highest BCUT2D eigenvalue weighted by Gasteiger charge is 2.40. The van der Waals surface area contributed by atoms with Gasteiger partial charge in [0.1, 0.15) is 12.6 Å². The van der Waals surface area contributed by atoms with E-state index in [4.69, 9.17) is 4.74 Å². The van der Waals surface area contributed by atoms with Gasteiger partial charge in [-0.25, -0.2) is 4.79 Å². The Balaban J connectivity index is 1.84. The van der Waals surface area contributed by atoms with E-state index in [2.05, 4.69) is 29.4 Å². The van der Waals surface area contributed by atoms with Crippen molar-refractivity contribution < 1.29 is 19.1 Å². The first-order chi connectivity index (χ1) is 11.2. The van der Waals surface area contributed by atoms with Crippen molar-refractivity contribution in [2.75, 3.05) is 39.4 Å². The number of rotatable bonds is 6. The molecule has 2 aliphatic rings. The lowest BCUT2D eigenvalue weighted by Crippen LogP contribution is -2.56. The van der Waals surface area contributed by atoms with E-state index in [0.29, 0.717) is 19.8 Å². The van der Waals surface area contributed by atoms with Gasteiger partial charge in [0.2, 0.25) is 5.91 Å². The van der Waals surface area contributed by atoms with Crippen molar-refractivity contribution in [3.05, 3.63) is 0 Å². The molecule has 0 spiro atoms. The fourth-order valence-electron chi connectivity index (χ4n) is 2.94. The van der Waals surface area contributed by atoms with Crippen LogP contribution in [-0.4, -0.2) is 78.6 Å². The van der Waals surface area contributed by atoms with Crippen LogP contribution in [0, 0.1) is 5.92 Å². The van der Waals surface area contributed by atoms with Crippen LogP contribution in [0.5, 0.6) is 0 Å². The number of urea groups is 1. The van der Waals surface area contributed by atoms with Crippen LogP contribution in [0.15, 0.2) is 0 Å². The van der Waals surface area contributed by atoms with Crippen molar-refractivity contribution in [1.82, 2.24) is 20.4 Å². The van der Waals surface area contributed by atoms with E-state index < -0.39 is 12.1 Å². The predicted octanol–water partition coefficient (Wildman–Crippen LogP) is -0.210. The normalized spacial score (nSPS) is 22.9. The lowest BCUT2D eigenvalue weighted by molar-refractivity contribution is -0.133. The Hall–Kier alpha value is -1.67. The molecule has 8 nitrogen and oxygen atoms in total. The second kappa shape index (κ2) is 7.48. The average molecular weight is 340 g/mol. The highest BCUT2D eigenvalue weighted by atomic mass is 16.5. The molecule has 0 bridgehead atoms. The summed E-state index contributed by atoms with van der Waals surface area (Å²) in [4.78, 5) is 39.5. The van der Waals surface area contributed by atoms with Crippen LogP contribution >= 0.6 is 0 Å². The zero-order valence-electron chi connectivity index (χ0n) is 14.9. The van der Waals surface area contributed by atoms with Gasteiger partial charge in [0.25, 0.3) is 5.91 Å². The van der Waals surface area contributed by atoms with Crippen molar-refractivity contribution in [1.29, 1.82) is 0 Å². The summed E-state index contributed by atoms with van der Waals surface area (Å²) < 4.78 is 5.34. The summed E-state index contributed by atoms with van der Waals surface area (Å²) in [6.45, 7) is 11.1. The molecular weight excluding hydrogens is 312 g/mol. The highest BCUT2D eigenvalue weighted by molar-refractivity contribution is 6.06. The van der Waals surface area contributed by atoms with Crippen molar-refractivity contribution in [3.63, 3.8) is 0 Å². The minimum Gasteiger partial charge on any atom is -0.379 e. The van der Waals surface area contributed by atoms with Gasteiger partial charge in [0, 0.05) is 25.2 Å². The van der Waals surface area contributed by atoms with E-state index in [1.54, 1.807) is 0 Å². The fourth-order valence-corrected chi connectivity index (χ4v) is 2.94. The number of carbonyl (C=O) groups excluding carboxylic acids is 3. The molecule has 2 heterocycles. The number of nitrogens with zero attached hydrogens (tertiary/aromatic N) is 2. The summed E-state index contributed by atoms with van der Waals surface area (Å²) in [5.74, 6) is -0.670. The van der Waals surface area contributed by atoms with Crippen LogP contribution < -0.4 is 10.6 Å². The third-order valence-corrected chi connectivity index (χ3v) is 4.61. The molecule has 0 aromatic rings. The Bertz CT molecular complexity index is 500. The molecule has 8 heteroatoms. The quantitative estimate of drug-likeness (QED) is 0.653. The minimum absolute atomic E-state index is 0.00485. The van der Waals surface area contributed by atoms with Crippen LogP contribution in [0.4, 0.5) is 4.79 Å². The van der Waals surface area contributed by atoms with Gasteiger partial charge in [0.15, 0.2) is 0 Å². The lowest BCUT2D eigenvalue weighted by atomic mass is 10.0. The molecule has 0 aromatic carbocycles. The molecule has 2 fully saturated rings. The third kappa shape index (κ3) is 4.24. The first-order valence-electron chi connectivity index (χ1n) is 8.44. The van der Waals surface area contributed by atoms with Crippen LogP contribution in [0.25, 0.3) is 0 Å². The first kappa shape index (κ1) is 18.7. The number of imide groups is 1. The molecule has 2 N–H and O–H groups in total. The van der Waals surface area contributed by atoms with E-state index in [1.165, 1.54) is 0 Å². The van der Waals surface area contributed by atoms with Crippen molar-refractivity contribution >= 4 is 17.8 Å². The summed E-state index contributed by atoms with van der Waals surface area (Å²) in [5.41, 5.74) is -0.211. The maximum absolute atomic E-state index is 12.2. The maximum atomic E-state index is 12.2. The van der Waals surface area contributed by atoms with Crippen LogP contribution in [-0.2, 0) is 14.3 Å². The Morgan fingerprint density at radius 2 is 1.96 bits per heavy atom. The van der Waals surface area contributed by atoms with E-state index in [-0.39, 0.29) is 29.8 Å². The van der Waals surface area contributed by atoms with Gasteiger partial charge in [0.05, 0.1) is 13.2 Å². The second-order valence-electron chi connectivity index (χ2n) is 7.28. The first-order valence-corrected chi connectivity index (χ1v) is 8.44. The van der Waals surface area contributed by atoms with Crippen molar-refractivity contribution in [3.8, 4) is 0 Å². The number of amides is 4. The number of hydrogen-bond acceptors (Lipinski definition) is 5. The molecule has 24 heavy (non-hydrogen) atoms. The molecule has 1 atom stereocenters. The standard InChI is InChI=1S/C16H28N4O4/c1-11(2)13-14(22)20(15(23)18-13)9-12(21)17-10-16(3,4)19-5-7-24-8-6-19/h11,13H,5-10H2,1-4H3,(H,17,21)(H,18,23). The second-order valence-corrected chi connectivity index (χ2v) is 7.28. The summed E-state index contributed by atoms with van der Waals surface area (Å²) in [7, 11) is 0. The molecule has 4 amide bonds. The van der Waals surface area contributed by atoms with Crippen molar-refractivity contribution in [2.45, 2.75) is 39.3 Å². The number of nitrogens with one attached hydrogen (secondary N) is 2. The van der Waals surface area contributed by atoms with E-state index in [9.17, 15) is 14.4 Å². The predicted molar refractivity (Wildman–Crippen MR) is 88.4 cm³/mol. The molecule has 136 valence electrons. The van der Waals surface area contributed by atoms with Crippen LogP contribution in [0.3, 0.4) is 0 Å². The highest BCUT2D eigenvalue weighted by Crippen LogP contribution is 2.16. The van der Waals surface area contributed by atoms with E-state index in [0.717, 1.165) is 18.0 Å². The monoisotopic (exact) mass is 340 g/mol. The third-order valence-electron chi connectivity index (χ3n) is 4.61. The summed E-state index contributed by atoms with van der Waals surface area (Å²) in [5, 5.41) is 5.45. The fraction of sp³-hybridized carbons (Fsp3) is 0.812. The minimum atomic E-state index is -0.546. The molecule has 0 aliphatic carbocycles. The SMILES string of the molecule is CC(C)C1NC(=O)N(CC(=O)NCC(C)(C)N2CCOCC2)C1=O. The lowest BCUT2D eigenvalue weighted by Gasteiger charge is -2.40. The largest absolute Gasteiger partial charge is 0.379 e. The summed E-state index contributed by atoms with van der Waals surface area (Å²) in [6, 6.07) is -1.05. The molecule has 0 saturated carbocycles. The Morgan fingerprint density at radius 1 is 1.33 bits per heavy atom. The zero-order valence-corrected chi connectivity index (χ0v) is 14.9. The molecule has 2 saturated heterocycles. The van der Waals surface area contributed by atoms with Gasteiger partial charge in [-0.3, -0.25) is 19.4 Å². The number of carbonyl (C=O) groups is 3. The number of morpholine rings is 1. The van der Waals surface area contributed by atoms with Gasteiger partial charge in [-0.15, -0.1) is 0 Å². The summed E-state index contributed by atoms with van der Waals surface area (Å²) >= 11 is 0. The van der Waals surface area contributed by atoms with Gasteiger partial charge < -0.3 is 15.4 Å². The maximum Gasteiger partial charge on any atom is 0.325 e. The average Bonchev–Trinajstić information content (AvgIpc) is 2.82. The molecular formula is C16H28N4O4. The summed E-state index contributed by atoms with van der Waals surface area (Å²) in [6.07, 6.45) is 0. The van der Waals surface area contributed by atoms with Gasteiger partial charge in [-0.05, 0) is 19.8 Å².